The molecule has 0 aliphatic carbocycles. The van der Waals surface area contributed by atoms with E-state index in [1.165, 1.54) is 7.11 Å². The fraction of sp³-hybridized carbons (Fsp3) is 0.450. The minimum Gasteiger partial charge on any atom is -0.467 e. The maximum Gasteiger partial charge on any atom is 0.328 e. The molecule has 0 saturated carbocycles. The third-order valence-electron chi connectivity index (χ3n) is 3.89. The van der Waals surface area contributed by atoms with E-state index in [-0.39, 0.29) is 30.7 Å². The Morgan fingerprint density at radius 3 is 2.31 bits per heavy atom. The molecule has 6 heteroatoms. The molecule has 0 fully saturated rings. The first kappa shape index (κ1) is 21.2. The zero-order valence-electron chi connectivity index (χ0n) is 15.3. The van der Waals surface area contributed by atoms with Crippen molar-refractivity contribution >= 4 is 17.8 Å². The summed E-state index contributed by atoms with van der Waals surface area (Å²) in [4.78, 5) is 35.8. The van der Waals surface area contributed by atoms with Gasteiger partial charge in [0.1, 0.15) is 6.04 Å². The highest BCUT2D eigenvalue weighted by Crippen LogP contribution is 2.11. The summed E-state index contributed by atoms with van der Waals surface area (Å²) in [6.45, 7) is 1.88. The Morgan fingerprint density at radius 2 is 1.73 bits per heavy atom. The fourth-order valence-electron chi connectivity index (χ4n) is 2.43. The Bertz CT molecular complexity index is 637. The minimum atomic E-state index is -0.743. The van der Waals surface area contributed by atoms with Crippen molar-refractivity contribution in [2.45, 2.75) is 51.1 Å². The minimum absolute atomic E-state index is 0.00399. The average Bonchev–Trinajstić information content (AvgIpc) is 2.65. The Kier molecular flexibility index (Phi) is 9.55. The number of carbonyl (C=O) groups is 3. The van der Waals surface area contributed by atoms with Crippen LogP contribution < -0.4 is 10.6 Å². The van der Waals surface area contributed by atoms with Gasteiger partial charge in [-0.25, -0.2) is 4.79 Å². The molecule has 0 aliphatic heterocycles. The summed E-state index contributed by atoms with van der Waals surface area (Å²) < 4.78 is 4.69. The van der Waals surface area contributed by atoms with Gasteiger partial charge in [0.2, 0.25) is 11.8 Å². The van der Waals surface area contributed by atoms with Crippen LogP contribution in [0.1, 0.15) is 50.6 Å². The number of nitrogens with one attached hydrogen (secondary N) is 2. The van der Waals surface area contributed by atoms with Gasteiger partial charge in [0.25, 0.3) is 0 Å². The SMILES string of the molecule is C#CCCC[C@@H](NC(=O)CCC(=O)N[C@H](C)c1ccccc1)C(=O)OC. The number of carbonyl (C=O) groups excluding carboxylic acids is 3. The van der Waals surface area contributed by atoms with Gasteiger partial charge >= 0.3 is 5.97 Å². The molecular weight excluding hydrogens is 332 g/mol. The molecule has 0 aliphatic rings. The van der Waals surface area contributed by atoms with E-state index in [0.29, 0.717) is 19.3 Å². The van der Waals surface area contributed by atoms with Crippen molar-refractivity contribution in [1.82, 2.24) is 10.6 Å². The summed E-state index contributed by atoms with van der Waals surface area (Å²) in [5.74, 6) is 1.38. The van der Waals surface area contributed by atoms with Crippen LogP contribution in [0.3, 0.4) is 0 Å². The van der Waals surface area contributed by atoms with E-state index in [0.717, 1.165) is 5.56 Å². The number of terminal acetylenes is 1. The van der Waals surface area contributed by atoms with Crippen LogP contribution in [0.2, 0.25) is 0 Å². The fourth-order valence-corrected chi connectivity index (χ4v) is 2.43. The van der Waals surface area contributed by atoms with E-state index in [2.05, 4.69) is 21.3 Å². The van der Waals surface area contributed by atoms with Crippen LogP contribution in [0.5, 0.6) is 0 Å². The first-order chi connectivity index (χ1) is 12.5. The number of ether oxygens (including phenoxy) is 1. The Balaban J connectivity index is 2.42. The third kappa shape index (κ3) is 7.84. The summed E-state index contributed by atoms with van der Waals surface area (Å²) in [6, 6.07) is 8.68. The van der Waals surface area contributed by atoms with Crippen LogP contribution >= 0.6 is 0 Å². The van der Waals surface area contributed by atoms with Crippen molar-refractivity contribution in [2.24, 2.45) is 0 Å². The van der Waals surface area contributed by atoms with Crippen molar-refractivity contribution in [1.29, 1.82) is 0 Å². The van der Waals surface area contributed by atoms with E-state index in [9.17, 15) is 14.4 Å². The average molecular weight is 358 g/mol. The number of hydrogen-bond donors (Lipinski definition) is 2. The molecule has 6 nitrogen and oxygen atoms in total. The van der Waals surface area contributed by atoms with Crippen molar-refractivity contribution in [3.63, 3.8) is 0 Å². The molecule has 0 aromatic heterocycles. The molecule has 2 atom stereocenters. The number of amides is 2. The summed E-state index contributed by atoms with van der Waals surface area (Å²) >= 11 is 0. The molecule has 2 N–H and O–H groups in total. The molecule has 0 heterocycles. The summed E-state index contributed by atoms with van der Waals surface area (Å²) in [5.41, 5.74) is 0.990. The number of unbranched alkanes of at least 4 members (excludes halogenated alkanes) is 1. The molecule has 1 aromatic carbocycles. The van der Waals surface area contributed by atoms with Gasteiger partial charge < -0.3 is 15.4 Å². The van der Waals surface area contributed by atoms with Gasteiger partial charge in [0, 0.05) is 19.3 Å². The van der Waals surface area contributed by atoms with Gasteiger partial charge in [-0.05, 0) is 25.3 Å². The van der Waals surface area contributed by atoms with Crippen LogP contribution in [0.25, 0.3) is 0 Å². The highest BCUT2D eigenvalue weighted by atomic mass is 16.5. The zero-order chi connectivity index (χ0) is 19.4. The van der Waals surface area contributed by atoms with Crippen LogP contribution in [-0.2, 0) is 19.1 Å². The van der Waals surface area contributed by atoms with E-state index in [1.54, 1.807) is 0 Å². The van der Waals surface area contributed by atoms with Gasteiger partial charge in [0.05, 0.1) is 13.2 Å². The molecule has 0 unspecified atom stereocenters. The van der Waals surface area contributed by atoms with Gasteiger partial charge in [-0.2, -0.15) is 0 Å². The second-order valence-corrected chi connectivity index (χ2v) is 5.94. The maximum atomic E-state index is 12.0. The standard InChI is InChI=1S/C20H26N2O4/c1-4-5-7-12-17(20(25)26-3)22-19(24)14-13-18(23)21-15(2)16-10-8-6-9-11-16/h1,6,8-11,15,17H,5,7,12-14H2,2-3H3,(H,21,23)(H,22,24)/t15-,17-/m1/s1. The predicted octanol–water partition coefficient (Wildman–Crippen LogP) is 2.11. The third-order valence-corrected chi connectivity index (χ3v) is 3.89. The highest BCUT2D eigenvalue weighted by molar-refractivity contribution is 5.87. The summed E-state index contributed by atoms with van der Waals surface area (Å²) in [7, 11) is 1.26. The second kappa shape index (κ2) is 11.7. The van der Waals surface area contributed by atoms with Crippen molar-refractivity contribution < 1.29 is 19.1 Å². The van der Waals surface area contributed by atoms with E-state index in [1.807, 2.05) is 37.3 Å². The molecule has 1 rings (SSSR count). The van der Waals surface area contributed by atoms with Crippen LogP contribution in [0, 0.1) is 12.3 Å². The molecular formula is C20H26N2O4. The number of methoxy groups -OCH3 is 1. The first-order valence-electron chi connectivity index (χ1n) is 8.63. The molecule has 140 valence electrons. The molecule has 2 amide bonds. The van der Waals surface area contributed by atoms with Gasteiger partial charge in [-0.15, -0.1) is 12.3 Å². The van der Waals surface area contributed by atoms with Crippen LogP contribution in [0.4, 0.5) is 0 Å². The molecule has 1 aromatic rings. The van der Waals surface area contributed by atoms with Crippen LogP contribution in [0.15, 0.2) is 30.3 Å². The van der Waals surface area contributed by atoms with Crippen LogP contribution in [-0.4, -0.2) is 30.9 Å². The Morgan fingerprint density at radius 1 is 1.12 bits per heavy atom. The number of hydrogen-bond acceptors (Lipinski definition) is 4. The molecule has 26 heavy (non-hydrogen) atoms. The molecule has 0 saturated heterocycles. The molecule has 0 spiro atoms. The Hall–Kier alpha value is -2.81. The van der Waals surface area contributed by atoms with Gasteiger partial charge in [0.15, 0.2) is 0 Å². The lowest BCUT2D eigenvalue weighted by Crippen LogP contribution is -2.41. The van der Waals surface area contributed by atoms with Gasteiger partial charge in [-0.3, -0.25) is 9.59 Å². The van der Waals surface area contributed by atoms with E-state index >= 15 is 0 Å². The van der Waals surface area contributed by atoms with E-state index in [4.69, 9.17) is 6.42 Å². The summed E-state index contributed by atoms with van der Waals surface area (Å²) in [6.07, 6.45) is 6.75. The molecule has 0 radical (unpaired) electrons. The van der Waals surface area contributed by atoms with Crippen molar-refractivity contribution in [3.8, 4) is 12.3 Å². The predicted molar refractivity (Wildman–Crippen MR) is 98.9 cm³/mol. The lowest BCUT2D eigenvalue weighted by atomic mass is 10.1. The number of rotatable bonds is 10. The first-order valence-corrected chi connectivity index (χ1v) is 8.63. The number of esters is 1. The number of benzene rings is 1. The topological polar surface area (TPSA) is 84.5 Å². The molecule has 0 bridgehead atoms. The summed E-state index contributed by atoms with van der Waals surface area (Å²) in [5, 5.41) is 5.45. The van der Waals surface area contributed by atoms with Crippen molar-refractivity contribution in [3.05, 3.63) is 35.9 Å². The smallest absolute Gasteiger partial charge is 0.328 e. The monoisotopic (exact) mass is 358 g/mol. The largest absolute Gasteiger partial charge is 0.467 e. The van der Waals surface area contributed by atoms with E-state index < -0.39 is 12.0 Å². The maximum absolute atomic E-state index is 12.0. The van der Waals surface area contributed by atoms with Crippen molar-refractivity contribution in [2.75, 3.05) is 7.11 Å². The lowest BCUT2D eigenvalue weighted by Gasteiger charge is -2.17. The Labute approximate surface area is 154 Å². The lowest BCUT2D eigenvalue weighted by molar-refractivity contribution is -0.145. The highest BCUT2D eigenvalue weighted by Gasteiger charge is 2.21. The quantitative estimate of drug-likeness (QED) is 0.381. The second-order valence-electron chi connectivity index (χ2n) is 5.94. The zero-order valence-corrected chi connectivity index (χ0v) is 15.3. The normalized spacial score (nSPS) is 12.3. The van der Waals surface area contributed by atoms with Gasteiger partial charge in [-0.1, -0.05) is 30.3 Å².